The number of rotatable bonds is 6. The van der Waals surface area contributed by atoms with Crippen LogP contribution in [0.25, 0.3) is 12.2 Å². The van der Waals surface area contributed by atoms with Crippen LogP contribution in [-0.2, 0) is 0 Å². The lowest BCUT2D eigenvalue weighted by atomic mass is 10.1. The van der Waals surface area contributed by atoms with Gasteiger partial charge in [0.15, 0.2) is 0 Å². The summed E-state index contributed by atoms with van der Waals surface area (Å²) in [6.45, 7) is 4.36. The standard InChI is InChI=1S/C25H23FN4O3/c1-2-32-21-9-6-18(7-10-21)8-11-23-28-22(17-27)25(33-23)30-14-12-29(13-15-30)24(31)19-4-3-5-20(26)16-19/h3-11,16H,2,12-15H2,1H3. The highest BCUT2D eigenvalue weighted by Gasteiger charge is 2.26. The second-order valence-electron chi connectivity index (χ2n) is 7.44. The fraction of sp³-hybridized carbons (Fsp3) is 0.240. The molecule has 0 aliphatic carbocycles. The van der Waals surface area contributed by atoms with Gasteiger partial charge in [-0.25, -0.2) is 4.39 Å². The third-order valence-corrected chi connectivity index (χ3v) is 5.27. The molecule has 33 heavy (non-hydrogen) atoms. The lowest BCUT2D eigenvalue weighted by molar-refractivity contribution is 0.0745. The van der Waals surface area contributed by atoms with Crippen molar-refractivity contribution in [2.24, 2.45) is 0 Å². The second kappa shape index (κ2) is 10.0. The Balaban J connectivity index is 1.41. The van der Waals surface area contributed by atoms with Gasteiger partial charge in [0, 0.05) is 37.8 Å². The summed E-state index contributed by atoms with van der Waals surface area (Å²) in [4.78, 5) is 20.5. The molecule has 4 rings (SSSR count). The smallest absolute Gasteiger partial charge is 0.254 e. The van der Waals surface area contributed by atoms with Gasteiger partial charge in [-0.15, -0.1) is 0 Å². The van der Waals surface area contributed by atoms with Crippen LogP contribution in [0.3, 0.4) is 0 Å². The molecule has 0 N–H and O–H groups in total. The third kappa shape index (κ3) is 5.21. The van der Waals surface area contributed by atoms with Gasteiger partial charge >= 0.3 is 0 Å². The first kappa shape index (κ1) is 22.1. The lowest BCUT2D eigenvalue weighted by Gasteiger charge is -2.34. The molecule has 3 aromatic rings. The maximum absolute atomic E-state index is 13.4. The average Bonchev–Trinajstić information content (AvgIpc) is 3.27. The van der Waals surface area contributed by atoms with Gasteiger partial charge in [0.1, 0.15) is 17.6 Å². The molecular weight excluding hydrogens is 423 g/mol. The number of halogens is 1. The minimum absolute atomic E-state index is 0.200. The van der Waals surface area contributed by atoms with Crippen LogP contribution < -0.4 is 9.64 Å². The van der Waals surface area contributed by atoms with Gasteiger partial charge in [-0.1, -0.05) is 18.2 Å². The van der Waals surface area contributed by atoms with Crippen LogP contribution in [-0.4, -0.2) is 48.6 Å². The SMILES string of the molecule is CCOc1ccc(C=Cc2nc(C#N)c(N3CCN(C(=O)c4cccc(F)c4)CC3)o2)cc1. The zero-order chi connectivity index (χ0) is 23.2. The van der Waals surface area contributed by atoms with Crippen LogP contribution in [0.15, 0.2) is 52.9 Å². The fourth-order valence-corrected chi connectivity index (χ4v) is 3.61. The largest absolute Gasteiger partial charge is 0.494 e. The van der Waals surface area contributed by atoms with E-state index >= 15 is 0 Å². The van der Waals surface area contributed by atoms with Crippen molar-refractivity contribution in [1.82, 2.24) is 9.88 Å². The van der Waals surface area contributed by atoms with E-state index in [1.807, 2.05) is 42.2 Å². The number of benzene rings is 2. The first-order valence-corrected chi connectivity index (χ1v) is 10.7. The van der Waals surface area contributed by atoms with E-state index in [1.165, 1.54) is 18.2 Å². The molecule has 168 valence electrons. The van der Waals surface area contributed by atoms with Crippen molar-refractivity contribution in [3.05, 3.63) is 77.1 Å². The quantitative estimate of drug-likeness (QED) is 0.564. The molecule has 0 radical (unpaired) electrons. The van der Waals surface area contributed by atoms with Gasteiger partial charge in [-0.3, -0.25) is 4.79 Å². The number of hydrogen-bond acceptors (Lipinski definition) is 6. The summed E-state index contributed by atoms with van der Waals surface area (Å²) in [5.74, 6) is 0.863. The molecule has 0 unspecified atom stereocenters. The normalized spacial score (nSPS) is 13.8. The predicted octanol–water partition coefficient (Wildman–Crippen LogP) is 4.22. The number of carbonyl (C=O) groups excluding carboxylic acids is 1. The Hall–Kier alpha value is -4.12. The van der Waals surface area contributed by atoms with Gasteiger partial charge in [0.05, 0.1) is 6.61 Å². The molecule has 7 nitrogen and oxygen atoms in total. The van der Waals surface area contributed by atoms with E-state index in [2.05, 4.69) is 11.1 Å². The van der Waals surface area contributed by atoms with Crippen molar-refractivity contribution in [3.8, 4) is 11.8 Å². The minimum atomic E-state index is -0.439. The second-order valence-corrected chi connectivity index (χ2v) is 7.44. The zero-order valence-electron chi connectivity index (χ0n) is 18.2. The fourth-order valence-electron chi connectivity index (χ4n) is 3.61. The first-order chi connectivity index (χ1) is 16.1. The van der Waals surface area contributed by atoms with Crippen molar-refractivity contribution in [2.75, 3.05) is 37.7 Å². The van der Waals surface area contributed by atoms with Crippen LogP contribution in [0, 0.1) is 17.1 Å². The van der Waals surface area contributed by atoms with Crippen molar-refractivity contribution in [1.29, 1.82) is 5.26 Å². The van der Waals surface area contributed by atoms with E-state index in [4.69, 9.17) is 9.15 Å². The van der Waals surface area contributed by atoms with E-state index in [-0.39, 0.29) is 11.6 Å². The number of ether oxygens (including phenoxy) is 1. The number of nitrogens with zero attached hydrogens (tertiary/aromatic N) is 4. The molecule has 8 heteroatoms. The molecule has 1 aromatic heterocycles. The Labute approximate surface area is 191 Å². The molecule has 1 aliphatic rings. The van der Waals surface area contributed by atoms with Gasteiger partial charge < -0.3 is 19.0 Å². The number of amides is 1. The maximum Gasteiger partial charge on any atom is 0.254 e. The monoisotopic (exact) mass is 446 g/mol. The van der Waals surface area contributed by atoms with E-state index in [1.54, 1.807) is 17.0 Å². The molecule has 0 bridgehead atoms. The maximum atomic E-state index is 13.4. The Morgan fingerprint density at radius 2 is 1.94 bits per heavy atom. The molecule has 1 saturated heterocycles. The Kier molecular flexibility index (Phi) is 6.69. The van der Waals surface area contributed by atoms with E-state index in [0.717, 1.165) is 11.3 Å². The minimum Gasteiger partial charge on any atom is -0.494 e. The topological polar surface area (TPSA) is 82.6 Å². The predicted molar refractivity (Wildman–Crippen MR) is 122 cm³/mol. The Bertz CT molecular complexity index is 1190. The Morgan fingerprint density at radius 1 is 1.18 bits per heavy atom. The number of anilines is 1. The van der Waals surface area contributed by atoms with Gasteiger partial charge in [-0.05, 0) is 48.9 Å². The number of nitriles is 1. The number of aromatic nitrogens is 1. The van der Waals surface area contributed by atoms with E-state index in [9.17, 15) is 14.4 Å². The average molecular weight is 446 g/mol. The van der Waals surface area contributed by atoms with Gasteiger partial charge in [0.25, 0.3) is 5.91 Å². The van der Waals surface area contributed by atoms with Crippen molar-refractivity contribution < 1.29 is 18.3 Å². The molecule has 1 amide bonds. The van der Waals surface area contributed by atoms with Crippen LogP contribution >= 0.6 is 0 Å². The van der Waals surface area contributed by atoms with Crippen LogP contribution in [0.1, 0.15) is 34.4 Å². The molecule has 2 heterocycles. The molecule has 0 atom stereocenters. The summed E-state index contributed by atoms with van der Waals surface area (Å²) in [5, 5.41) is 9.51. The number of piperazine rings is 1. The highest BCUT2D eigenvalue weighted by Crippen LogP contribution is 2.25. The molecule has 1 fully saturated rings. The summed E-state index contributed by atoms with van der Waals surface area (Å²) in [6.07, 6.45) is 3.56. The summed E-state index contributed by atoms with van der Waals surface area (Å²) >= 11 is 0. The highest BCUT2D eigenvalue weighted by molar-refractivity contribution is 5.94. The lowest BCUT2D eigenvalue weighted by Crippen LogP contribution is -2.48. The molecule has 0 saturated carbocycles. The molecular formula is C25H23FN4O3. The Morgan fingerprint density at radius 3 is 2.61 bits per heavy atom. The highest BCUT2D eigenvalue weighted by atomic mass is 19.1. The first-order valence-electron chi connectivity index (χ1n) is 10.7. The molecule has 1 aliphatic heterocycles. The summed E-state index contributed by atoms with van der Waals surface area (Å²) in [6, 6.07) is 15.4. The van der Waals surface area contributed by atoms with E-state index in [0.29, 0.717) is 50.1 Å². The van der Waals surface area contributed by atoms with Crippen LogP contribution in [0.4, 0.5) is 10.3 Å². The van der Waals surface area contributed by atoms with Gasteiger partial charge in [-0.2, -0.15) is 10.2 Å². The summed E-state index contributed by atoms with van der Waals surface area (Å²) in [7, 11) is 0. The van der Waals surface area contributed by atoms with Crippen molar-refractivity contribution >= 4 is 23.9 Å². The third-order valence-electron chi connectivity index (χ3n) is 5.27. The molecule has 0 spiro atoms. The molecule has 2 aromatic carbocycles. The number of oxazole rings is 1. The number of carbonyl (C=O) groups is 1. The summed E-state index contributed by atoms with van der Waals surface area (Å²) < 4.78 is 24.7. The van der Waals surface area contributed by atoms with Crippen LogP contribution in [0.5, 0.6) is 5.75 Å². The van der Waals surface area contributed by atoms with E-state index < -0.39 is 5.82 Å². The summed E-state index contributed by atoms with van der Waals surface area (Å²) in [5.41, 5.74) is 1.47. The van der Waals surface area contributed by atoms with Crippen molar-refractivity contribution in [2.45, 2.75) is 6.92 Å². The van der Waals surface area contributed by atoms with Gasteiger partial charge in [0.2, 0.25) is 17.5 Å². The number of hydrogen-bond donors (Lipinski definition) is 0. The van der Waals surface area contributed by atoms with Crippen molar-refractivity contribution in [3.63, 3.8) is 0 Å². The zero-order valence-corrected chi connectivity index (χ0v) is 18.2. The van der Waals surface area contributed by atoms with Crippen LogP contribution in [0.2, 0.25) is 0 Å².